The van der Waals surface area contributed by atoms with Gasteiger partial charge in [0.05, 0.1) is 11.4 Å². The number of hydrogen-bond donors (Lipinski definition) is 1. The number of nitrogens with zero attached hydrogens (tertiary/aromatic N) is 1. The fraction of sp³-hybridized carbons (Fsp3) is 0.321. The Hall–Kier alpha value is -2.67. The first kappa shape index (κ1) is 26.9. The van der Waals surface area contributed by atoms with E-state index in [-0.39, 0.29) is 29.8 Å². The number of anilines is 1. The van der Waals surface area contributed by atoms with Gasteiger partial charge in [0, 0.05) is 17.3 Å². The highest BCUT2D eigenvalue weighted by molar-refractivity contribution is 7.89. The van der Waals surface area contributed by atoms with E-state index >= 15 is 0 Å². The lowest BCUT2D eigenvalue weighted by Gasteiger charge is -2.25. The molecule has 0 spiro atoms. The Kier molecular flexibility index (Phi) is 8.42. The normalized spacial score (nSPS) is 11.8. The summed E-state index contributed by atoms with van der Waals surface area (Å²) in [5.74, 6) is -0.182. The molecule has 0 bridgehead atoms. The van der Waals surface area contributed by atoms with Crippen molar-refractivity contribution in [2.24, 2.45) is 0 Å². The smallest absolute Gasteiger partial charge is 0.244 e. The van der Waals surface area contributed by atoms with Gasteiger partial charge in [0.15, 0.2) is 0 Å². The van der Waals surface area contributed by atoms with Crippen LogP contribution in [0.1, 0.15) is 53.1 Å². The van der Waals surface area contributed by atoms with Crippen LogP contribution in [-0.2, 0) is 21.4 Å². The van der Waals surface area contributed by atoms with Gasteiger partial charge in [0.2, 0.25) is 15.9 Å². The summed E-state index contributed by atoms with van der Waals surface area (Å²) in [6.45, 7) is 11.3. The number of nitrogens with one attached hydrogen (secondary N) is 1. The number of benzene rings is 3. The van der Waals surface area contributed by atoms with Crippen LogP contribution in [-0.4, -0.2) is 25.2 Å². The molecular formula is C28H33ClN2O3S. The summed E-state index contributed by atoms with van der Waals surface area (Å²) in [7, 11) is -3.97. The van der Waals surface area contributed by atoms with Gasteiger partial charge in [-0.25, -0.2) is 8.42 Å². The third kappa shape index (κ3) is 6.31. The highest BCUT2D eigenvalue weighted by Crippen LogP contribution is 2.29. The molecule has 3 aromatic rings. The third-order valence-corrected chi connectivity index (χ3v) is 8.34. The Bertz CT molecular complexity index is 1310. The predicted octanol–water partition coefficient (Wildman–Crippen LogP) is 6.53. The van der Waals surface area contributed by atoms with Crippen LogP contribution in [0.3, 0.4) is 0 Å². The van der Waals surface area contributed by atoms with Gasteiger partial charge >= 0.3 is 0 Å². The summed E-state index contributed by atoms with van der Waals surface area (Å²) in [4.78, 5) is 13.5. The molecule has 0 heterocycles. The van der Waals surface area contributed by atoms with Gasteiger partial charge in [-0.05, 0) is 73.6 Å². The number of aryl methyl sites for hydroxylation is 4. The van der Waals surface area contributed by atoms with E-state index in [0.29, 0.717) is 16.1 Å². The monoisotopic (exact) mass is 512 g/mol. The minimum atomic E-state index is -3.97. The molecule has 0 aliphatic carbocycles. The topological polar surface area (TPSA) is 66.5 Å². The summed E-state index contributed by atoms with van der Waals surface area (Å²) in [5, 5.41) is 3.54. The molecule has 3 rings (SSSR count). The molecule has 7 heteroatoms. The van der Waals surface area contributed by atoms with Crippen LogP contribution in [0.5, 0.6) is 0 Å². The molecule has 0 aliphatic heterocycles. The second-order valence-electron chi connectivity index (χ2n) is 9.37. The van der Waals surface area contributed by atoms with E-state index in [1.807, 2.05) is 44.2 Å². The Morgan fingerprint density at radius 1 is 0.943 bits per heavy atom. The maximum Gasteiger partial charge on any atom is 0.244 e. The molecule has 1 N–H and O–H groups in total. The summed E-state index contributed by atoms with van der Waals surface area (Å²) in [6.07, 6.45) is 0. The zero-order valence-corrected chi connectivity index (χ0v) is 22.7. The van der Waals surface area contributed by atoms with Crippen LogP contribution < -0.4 is 5.32 Å². The van der Waals surface area contributed by atoms with E-state index in [0.717, 1.165) is 27.9 Å². The molecule has 0 saturated heterocycles. The zero-order chi connectivity index (χ0) is 25.9. The van der Waals surface area contributed by atoms with Crippen LogP contribution >= 0.6 is 11.6 Å². The number of hydrogen-bond acceptors (Lipinski definition) is 3. The summed E-state index contributed by atoms with van der Waals surface area (Å²) in [6, 6.07) is 16.5. The molecule has 0 radical (unpaired) electrons. The molecule has 5 nitrogen and oxygen atoms in total. The number of rotatable bonds is 8. The first-order chi connectivity index (χ1) is 16.4. The van der Waals surface area contributed by atoms with E-state index in [9.17, 15) is 13.2 Å². The second-order valence-corrected chi connectivity index (χ2v) is 11.7. The van der Waals surface area contributed by atoms with Gasteiger partial charge in [-0.1, -0.05) is 73.5 Å². The number of carbonyl (C=O) groups excluding carboxylic acids is 1. The van der Waals surface area contributed by atoms with Gasteiger partial charge in [-0.2, -0.15) is 4.31 Å². The van der Waals surface area contributed by atoms with Gasteiger partial charge in [0.1, 0.15) is 0 Å². The lowest BCUT2D eigenvalue weighted by molar-refractivity contribution is -0.116. The molecule has 0 saturated carbocycles. The van der Waals surface area contributed by atoms with Gasteiger partial charge < -0.3 is 5.32 Å². The Morgan fingerprint density at radius 3 is 2.11 bits per heavy atom. The predicted molar refractivity (Wildman–Crippen MR) is 144 cm³/mol. The number of amides is 1. The average Bonchev–Trinajstić information content (AvgIpc) is 2.75. The molecule has 0 aromatic heterocycles. The van der Waals surface area contributed by atoms with Crippen LogP contribution in [0.25, 0.3) is 0 Å². The van der Waals surface area contributed by atoms with Crippen LogP contribution in [0.2, 0.25) is 5.02 Å². The van der Waals surface area contributed by atoms with E-state index in [1.165, 1.54) is 4.31 Å². The Labute approximate surface area is 214 Å². The van der Waals surface area contributed by atoms with E-state index < -0.39 is 10.0 Å². The fourth-order valence-corrected chi connectivity index (χ4v) is 6.33. The van der Waals surface area contributed by atoms with Gasteiger partial charge in [0.25, 0.3) is 0 Å². The van der Waals surface area contributed by atoms with Crippen molar-refractivity contribution in [1.29, 1.82) is 0 Å². The number of carbonyl (C=O) groups is 1. The number of para-hydroxylation sites is 1. The third-order valence-electron chi connectivity index (χ3n) is 5.99. The molecule has 0 fully saturated rings. The lowest BCUT2D eigenvalue weighted by Crippen LogP contribution is -2.38. The molecular weight excluding hydrogens is 480 g/mol. The maximum absolute atomic E-state index is 13.9. The Balaban J connectivity index is 2.00. The number of halogens is 1. The maximum atomic E-state index is 13.9. The van der Waals surface area contributed by atoms with Crippen molar-refractivity contribution in [3.63, 3.8) is 0 Å². The van der Waals surface area contributed by atoms with Crippen molar-refractivity contribution in [1.82, 2.24) is 4.31 Å². The summed E-state index contributed by atoms with van der Waals surface area (Å²) >= 11 is 6.02. The summed E-state index contributed by atoms with van der Waals surface area (Å²) in [5.41, 5.74) is 5.72. The quantitative estimate of drug-likeness (QED) is 0.373. The first-order valence-corrected chi connectivity index (χ1v) is 13.4. The highest BCUT2D eigenvalue weighted by Gasteiger charge is 2.30. The largest absolute Gasteiger partial charge is 0.324 e. The van der Waals surface area contributed by atoms with E-state index in [2.05, 4.69) is 19.2 Å². The van der Waals surface area contributed by atoms with Crippen LogP contribution in [0, 0.1) is 27.7 Å². The highest BCUT2D eigenvalue weighted by atomic mass is 35.5. The number of sulfonamides is 1. The second kappa shape index (κ2) is 10.9. The average molecular weight is 513 g/mol. The zero-order valence-electron chi connectivity index (χ0n) is 21.1. The molecule has 0 unspecified atom stereocenters. The van der Waals surface area contributed by atoms with Crippen molar-refractivity contribution in [3.05, 3.63) is 93.0 Å². The fourth-order valence-electron chi connectivity index (χ4n) is 4.40. The van der Waals surface area contributed by atoms with E-state index in [1.54, 1.807) is 38.1 Å². The first-order valence-electron chi connectivity index (χ1n) is 11.6. The molecule has 0 atom stereocenters. The molecule has 0 aliphatic rings. The van der Waals surface area contributed by atoms with Crippen molar-refractivity contribution < 1.29 is 13.2 Å². The minimum absolute atomic E-state index is 0.0461. The van der Waals surface area contributed by atoms with Crippen LogP contribution in [0.15, 0.2) is 59.5 Å². The van der Waals surface area contributed by atoms with Crippen molar-refractivity contribution in [2.45, 2.75) is 58.9 Å². The standard InChI is InChI=1S/C28H33ClN2O3S/c1-18(2)25-9-7-8-20(4)27(25)30-26(32)17-31(16-23-10-12-24(29)13-11-23)35(33,34)28-21(5)14-19(3)15-22(28)6/h7-15,18H,16-17H2,1-6H3,(H,30,32). The molecule has 3 aromatic carbocycles. The SMILES string of the molecule is Cc1cc(C)c(S(=O)(=O)N(CC(=O)Nc2c(C)cccc2C(C)C)Cc2ccc(Cl)cc2)c(C)c1. The van der Waals surface area contributed by atoms with Crippen molar-refractivity contribution in [3.8, 4) is 0 Å². The molecule has 1 amide bonds. The lowest BCUT2D eigenvalue weighted by atomic mass is 9.98. The summed E-state index contributed by atoms with van der Waals surface area (Å²) < 4.78 is 29.1. The van der Waals surface area contributed by atoms with E-state index in [4.69, 9.17) is 11.6 Å². The van der Waals surface area contributed by atoms with Gasteiger partial charge in [-0.15, -0.1) is 0 Å². The van der Waals surface area contributed by atoms with Crippen molar-refractivity contribution in [2.75, 3.05) is 11.9 Å². The molecule has 35 heavy (non-hydrogen) atoms. The van der Waals surface area contributed by atoms with Crippen LogP contribution in [0.4, 0.5) is 5.69 Å². The molecule has 186 valence electrons. The minimum Gasteiger partial charge on any atom is -0.324 e. The van der Waals surface area contributed by atoms with Gasteiger partial charge in [-0.3, -0.25) is 4.79 Å². The Morgan fingerprint density at radius 2 is 1.54 bits per heavy atom. The van der Waals surface area contributed by atoms with Crippen molar-refractivity contribution >= 4 is 33.2 Å².